The van der Waals surface area contributed by atoms with E-state index >= 15 is 0 Å². The summed E-state index contributed by atoms with van der Waals surface area (Å²) < 4.78 is 53.8. The van der Waals surface area contributed by atoms with E-state index in [0.29, 0.717) is 29.6 Å². The molecule has 0 bridgehead atoms. The number of fused-ring (bicyclic) bond motifs is 1. The lowest BCUT2D eigenvalue weighted by molar-refractivity contribution is -0.137. The van der Waals surface area contributed by atoms with Crippen LogP contribution in [-0.2, 0) is 24.1 Å². The molecule has 3 amide bonds. The molecule has 4 rings (SSSR count). The lowest BCUT2D eigenvalue weighted by atomic mass is 10.1. The van der Waals surface area contributed by atoms with E-state index < -0.39 is 23.6 Å². The van der Waals surface area contributed by atoms with Crippen LogP contribution in [-0.4, -0.2) is 59.5 Å². The Labute approximate surface area is 199 Å². The molecule has 0 spiro atoms. The summed E-state index contributed by atoms with van der Waals surface area (Å²) in [4.78, 5) is 29.1. The number of amides is 3. The first-order chi connectivity index (χ1) is 16.6. The Balaban J connectivity index is 1.43. The molecule has 1 aromatic heterocycles. The van der Waals surface area contributed by atoms with Crippen LogP contribution in [0.1, 0.15) is 11.1 Å². The predicted molar refractivity (Wildman–Crippen MR) is 123 cm³/mol. The van der Waals surface area contributed by atoms with Gasteiger partial charge in [-0.3, -0.25) is 4.79 Å². The number of hydrogen-bond acceptors (Lipinski definition) is 3. The van der Waals surface area contributed by atoms with Gasteiger partial charge in [0.05, 0.1) is 5.56 Å². The maximum Gasteiger partial charge on any atom is 0.416 e. The first-order valence-corrected chi connectivity index (χ1v) is 11.1. The molecular formula is C24H25F4N5O2. The Kier molecular flexibility index (Phi) is 6.97. The van der Waals surface area contributed by atoms with E-state index in [1.165, 1.54) is 12.1 Å². The van der Waals surface area contributed by atoms with Gasteiger partial charge in [-0.05, 0) is 55.1 Å². The highest BCUT2D eigenvalue weighted by Gasteiger charge is 2.30. The summed E-state index contributed by atoms with van der Waals surface area (Å²) >= 11 is 0. The van der Waals surface area contributed by atoms with Gasteiger partial charge in [-0.1, -0.05) is 0 Å². The van der Waals surface area contributed by atoms with Crippen LogP contribution in [0, 0.1) is 5.82 Å². The molecule has 2 heterocycles. The number of rotatable bonds is 5. The molecule has 186 valence electrons. The number of anilines is 1. The number of benzene rings is 2. The quantitative estimate of drug-likeness (QED) is 0.532. The van der Waals surface area contributed by atoms with Crippen molar-refractivity contribution >= 4 is 28.5 Å². The largest absolute Gasteiger partial charge is 0.416 e. The SMILES string of the molecule is CN1CCN(C(=O)Cn2cc(CNC(=O)Nc3ccc(C(F)(F)F)cc3)c3cc(F)ccc32)CC1. The topological polar surface area (TPSA) is 69.6 Å². The highest BCUT2D eigenvalue weighted by atomic mass is 19.4. The average Bonchev–Trinajstić information content (AvgIpc) is 3.14. The van der Waals surface area contributed by atoms with Gasteiger partial charge >= 0.3 is 12.2 Å². The minimum absolute atomic E-state index is 0.0299. The molecule has 3 aromatic rings. The Hall–Kier alpha value is -3.60. The maximum atomic E-state index is 13.9. The summed E-state index contributed by atoms with van der Waals surface area (Å²) in [5, 5.41) is 5.66. The third-order valence-corrected chi connectivity index (χ3v) is 6.00. The van der Waals surface area contributed by atoms with Crippen molar-refractivity contribution in [1.82, 2.24) is 19.7 Å². The van der Waals surface area contributed by atoms with Crippen molar-refractivity contribution in [3.05, 3.63) is 65.6 Å². The Morgan fingerprint density at radius 1 is 1.00 bits per heavy atom. The fourth-order valence-corrected chi connectivity index (χ4v) is 4.01. The summed E-state index contributed by atoms with van der Waals surface area (Å²) in [6.45, 7) is 2.99. The number of carbonyl (C=O) groups excluding carboxylic acids is 2. The van der Waals surface area contributed by atoms with E-state index in [2.05, 4.69) is 15.5 Å². The number of halogens is 4. The zero-order valence-electron chi connectivity index (χ0n) is 19.0. The van der Waals surface area contributed by atoms with Crippen LogP contribution in [0.2, 0.25) is 0 Å². The van der Waals surface area contributed by atoms with Gasteiger partial charge < -0.3 is 25.0 Å². The van der Waals surface area contributed by atoms with Gasteiger partial charge in [-0.15, -0.1) is 0 Å². The molecule has 0 atom stereocenters. The summed E-state index contributed by atoms with van der Waals surface area (Å²) in [6.07, 6.45) is -2.76. The zero-order chi connectivity index (χ0) is 25.2. The highest BCUT2D eigenvalue weighted by molar-refractivity contribution is 5.90. The summed E-state index contributed by atoms with van der Waals surface area (Å²) in [5.74, 6) is -0.491. The summed E-state index contributed by atoms with van der Waals surface area (Å²) in [6, 6.07) is 7.70. The normalized spacial score (nSPS) is 14.8. The fraction of sp³-hybridized carbons (Fsp3) is 0.333. The van der Waals surface area contributed by atoms with Crippen molar-refractivity contribution in [2.24, 2.45) is 0 Å². The number of nitrogens with zero attached hydrogens (tertiary/aromatic N) is 3. The van der Waals surface area contributed by atoms with Crippen LogP contribution in [0.15, 0.2) is 48.7 Å². The molecule has 2 N–H and O–H groups in total. The zero-order valence-corrected chi connectivity index (χ0v) is 19.0. The van der Waals surface area contributed by atoms with Crippen LogP contribution in [0.4, 0.5) is 28.0 Å². The van der Waals surface area contributed by atoms with Crippen LogP contribution in [0.25, 0.3) is 10.9 Å². The molecule has 2 aromatic carbocycles. The number of likely N-dealkylation sites (N-methyl/N-ethyl adjacent to an activating group) is 1. The van der Waals surface area contributed by atoms with Crippen molar-refractivity contribution in [3.8, 4) is 0 Å². The number of nitrogens with one attached hydrogen (secondary N) is 2. The smallest absolute Gasteiger partial charge is 0.339 e. The van der Waals surface area contributed by atoms with Crippen molar-refractivity contribution in [1.29, 1.82) is 0 Å². The molecule has 0 unspecified atom stereocenters. The minimum Gasteiger partial charge on any atom is -0.339 e. The minimum atomic E-state index is -4.46. The van der Waals surface area contributed by atoms with E-state index in [1.807, 2.05) is 7.05 Å². The van der Waals surface area contributed by atoms with Gasteiger partial charge in [0.1, 0.15) is 12.4 Å². The van der Waals surface area contributed by atoms with Crippen LogP contribution >= 0.6 is 0 Å². The number of urea groups is 1. The number of hydrogen-bond donors (Lipinski definition) is 2. The third-order valence-electron chi connectivity index (χ3n) is 6.00. The molecule has 0 radical (unpaired) electrons. The number of aromatic nitrogens is 1. The third kappa shape index (κ3) is 5.91. The first kappa shape index (κ1) is 24.5. The van der Waals surface area contributed by atoms with E-state index in [9.17, 15) is 27.2 Å². The molecule has 7 nitrogen and oxygen atoms in total. The maximum absolute atomic E-state index is 13.9. The van der Waals surface area contributed by atoms with Crippen molar-refractivity contribution in [2.75, 3.05) is 38.5 Å². The molecule has 0 saturated carbocycles. The Bertz CT molecular complexity index is 1220. The first-order valence-electron chi connectivity index (χ1n) is 11.1. The van der Waals surface area contributed by atoms with Crippen LogP contribution in [0.3, 0.4) is 0 Å². The van der Waals surface area contributed by atoms with Gasteiger partial charge in [0.25, 0.3) is 0 Å². The molecule has 1 saturated heterocycles. The molecule has 1 aliphatic rings. The number of alkyl halides is 3. The lowest BCUT2D eigenvalue weighted by Crippen LogP contribution is -2.48. The van der Waals surface area contributed by atoms with Crippen molar-refractivity contribution in [3.63, 3.8) is 0 Å². The highest BCUT2D eigenvalue weighted by Crippen LogP contribution is 2.30. The predicted octanol–water partition coefficient (Wildman–Crippen LogP) is 3.89. The Morgan fingerprint density at radius 2 is 1.69 bits per heavy atom. The summed E-state index contributed by atoms with van der Waals surface area (Å²) in [7, 11) is 2.00. The molecular weight excluding hydrogens is 466 g/mol. The lowest BCUT2D eigenvalue weighted by Gasteiger charge is -2.32. The van der Waals surface area contributed by atoms with Gasteiger partial charge in [0.15, 0.2) is 0 Å². The average molecular weight is 491 g/mol. The molecule has 0 aliphatic carbocycles. The monoisotopic (exact) mass is 491 g/mol. The van der Waals surface area contributed by atoms with Crippen molar-refractivity contribution in [2.45, 2.75) is 19.3 Å². The van der Waals surface area contributed by atoms with E-state index in [0.717, 1.165) is 37.4 Å². The van der Waals surface area contributed by atoms with Gasteiger partial charge in [-0.25, -0.2) is 9.18 Å². The van der Waals surface area contributed by atoms with E-state index in [1.54, 1.807) is 21.7 Å². The van der Waals surface area contributed by atoms with Gasteiger partial charge in [0, 0.05) is 55.5 Å². The second-order valence-corrected chi connectivity index (χ2v) is 8.51. The van der Waals surface area contributed by atoms with Crippen LogP contribution < -0.4 is 10.6 Å². The molecule has 1 aliphatic heterocycles. The van der Waals surface area contributed by atoms with E-state index in [-0.39, 0.29) is 24.7 Å². The van der Waals surface area contributed by atoms with Gasteiger partial charge in [0.2, 0.25) is 5.91 Å². The number of piperazine rings is 1. The second-order valence-electron chi connectivity index (χ2n) is 8.51. The van der Waals surface area contributed by atoms with Gasteiger partial charge in [-0.2, -0.15) is 13.2 Å². The van der Waals surface area contributed by atoms with Crippen LogP contribution in [0.5, 0.6) is 0 Å². The van der Waals surface area contributed by atoms with Crippen molar-refractivity contribution < 1.29 is 27.2 Å². The standard InChI is InChI=1S/C24H25F4N5O2/c1-31-8-10-32(11-9-31)22(34)15-33-14-16(20-12-18(25)4-7-21(20)33)13-29-23(35)30-19-5-2-17(3-6-19)24(26,27)28/h2-7,12,14H,8-11,13,15H2,1H3,(H2,29,30,35). The van der Waals surface area contributed by atoms with E-state index in [4.69, 9.17) is 0 Å². The number of carbonyl (C=O) groups is 2. The Morgan fingerprint density at radius 3 is 2.34 bits per heavy atom. The molecule has 11 heteroatoms. The molecule has 35 heavy (non-hydrogen) atoms. The molecule has 1 fully saturated rings. The second kappa shape index (κ2) is 9.95. The summed E-state index contributed by atoms with van der Waals surface area (Å²) in [5.41, 5.74) is 0.647. The fourth-order valence-electron chi connectivity index (χ4n) is 4.01.